The summed E-state index contributed by atoms with van der Waals surface area (Å²) < 4.78 is 42.9. The number of rotatable bonds is 9. The summed E-state index contributed by atoms with van der Waals surface area (Å²) >= 11 is 0. The number of ether oxygens (including phenoxy) is 3. The lowest BCUT2D eigenvalue weighted by molar-refractivity contribution is -0.139. The number of methoxy groups -OCH3 is 1. The number of hydrogen-bond donors (Lipinski definition) is 2. The van der Waals surface area contributed by atoms with E-state index in [4.69, 9.17) is 14.2 Å². The second-order valence-electron chi connectivity index (χ2n) is 7.39. The smallest absolute Gasteiger partial charge is 0.309 e. The van der Waals surface area contributed by atoms with Gasteiger partial charge in [-0.15, -0.1) is 0 Å². The van der Waals surface area contributed by atoms with E-state index < -0.39 is 28.1 Å². The summed E-state index contributed by atoms with van der Waals surface area (Å²) in [6.45, 7) is 4.58. The van der Waals surface area contributed by atoms with E-state index in [1.165, 1.54) is 23.5 Å². The van der Waals surface area contributed by atoms with Crippen molar-refractivity contribution in [3.8, 4) is 5.75 Å². The molecule has 0 unspecified atom stereocenters. The van der Waals surface area contributed by atoms with E-state index in [1.54, 1.807) is 12.1 Å². The van der Waals surface area contributed by atoms with Crippen LogP contribution in [0.5, 0.6) is 5.75 Å². The van der Waals surface area contributed by atoms with Gasteiger partial charge in [-0.1, -0.05) is 0 Å². The normalized spacial score (nSPS) is 20.1. The molecule has 2 aliphatic heterocycles. The van der Waals surface area contributed by atoms with Crippen LogP contribution in [0.15, 0.2) is 29.2 Å². The van der Waals surface area contributed by atoms with E-state index in [0.717, 1.165) is 26.1 Å². The molecule has 2 N–H and O–H groups in total. The number of morpholine rings is 1. The molecule has 32 heavy (non-hydrogen) atoms. The first kappa shape index (κ1) is 24.4. The first-order valence-electron chi connectivity index (χ1n) is 10.6. The summed E-state index contributed by atoms with van der Waals surface area (Å²) in [7, 11) is -2.33. The van der Waals surface area contributed by atoms with Gasteiger partial charge in [0.05, 0.1) is 38.4 Å². The summed E-state index contributed by atoms with van der Waals surface area (Å²) in [4.78, 5) is 26.5. The van der Waals surface area contributed by atoms with Gasteiger partial charge in [0.25, 0.3) is 0 Å². The average Bonchev–Trinajstić information content (AvgIpc) is 3.30. The molecule has 1 atom stereocenters. The summed E-state index contributed by atoms with van der Waals surface area (Å²) in [5, 5.41) is 5.04. The summed E-state index contributed by atoms with van der Waals surface area (Å²) in [5.41, 5.74) is 0. The fourth-order valence-corrected chi connectivity index (χ4v) is 5.01. The molecule has 2 saturated heterocycles. The van der Waals surface area contributed by atoms with Gasteiger partial charge < -0.3 is 24.8 Å². The summed E-state index contributed by atoms with van der Waals surface area (Å²) in [6, 6.07) is 6.02. The Balaban J connectivity index is 1.44. The van der Waals surface area contributed by atoms with Crippen molar-refractivity contribution in [2.75, 3.05) is 66.2 Å². The highest BCUT2D eigenvalue weighted by Crippen LogP contribution is 2.23. The Morgan fingerprint density at radius 2 is 1.75 bits per heavy atom. The van der Waals surface area contributed by atoms with E-state index in [0.29, 0.717) is 25.5 Å². The maximum Gasteiger partial charge on any atom is 0.309 e. The standard InChI is InChI=1S/C20H30N4O7S/c1-29-16-3-5-17(6-4-16)32(27,28)24-11-14-31-18(24)15-22-20(26)19(25)21-7-2-8-23-9-12-30-13-10-23/h3-6,18H,2,7-15H2,1H3,(H,21,25)(H,22,26)/t18-/m1/s1. The highest BCUT2D eigenvalue weighted by atomic mass is 32.2. The van der Waals surface area contributed by atoms with Gasteiger partial charge in [-0.2, -0.15) is 4.31 Å². The third kappa shape index (κ3) is 6.39. The third-order valence-corrected chi connectivity index (χ3v) is 7.20. The Bertz CT molecular complexity index is 872. The summed E-state index contributed by atoms with van der Waals surface area (Å²) in [6.07, 6.45) is -0.168. The molecule has 178 valence electrons. The lowest BCUT2D eigenvalue weighted by Crippen LogP contribution is -2.47. The number of benzene rings is 1. The van der Waals surface area contributed by atoms with E-state index >= 15 is 0 Å². The van der Waals surface area contributed by atoms with E-state index in [1.807, 2.05) is 0 Å². The fraction of sp³-hybridized carbons (Fsp3) is 0.600. The number of carbonyl (C=O) groups excluding carboxylic acids is 2. The van der Waals surface area contributed by atoms with Crippen molar-refractivity contribution in [3.05, 3.63) is 24.3 Å². The SMILES string of the molecule is COc1ccc(S(=O)(=O)N2CCO[C@@H]2CNC(=O)C(=O)NCCCN2CCOCC2)cc1. The quantitative estimate of drug-likeness (QED) is 0.348. The largest absolute Gasteiger partial charge is 0.497 e. The Morgan fingerprint density at radius 1 is 1.06 bits per heavy atom. The molecule has 11 nitrogen and oxygen atoms in total. The van der Waals surface area contributed by atoms with Gasteiger partial charge >= 0.3 is 11.8 Å². The van der Waals surface area contributed by atoms with Gasteiger partial charge in [0.2, 0.25) is 10.0 Å². The first-order valence-corrected chi connectivity index (χ1v) is 12.0. The van der Waals surface area contributed by atoms with Gasteiger partial charge in [-0.05, 0) is 37.2 Å². The number of amides is 2. The average molecular weight is 471 g/mol. The monoisotopic (exact) mass is 470 g/mol. The number of carbonyl (C=O) groups is 2. The van der Waals surface area contributed by atoms with Crippen molar-refractivity contribution in [3.63, 3.8) is 0 Å². The van der Waals surface area contributed by atoms with Gasteiger partial charge in [-0.3, -0.25) is 14.5 Å². The molecule has 1 aromatic carbocycles. The minimum Gasteiger partial charge on any atom is -0.497 e. The Morgan fingerprint density at radius 3 is 2.44 bits per heavy atom. The predicted molar refractivity (Wildman–Crippen MR) is 115 cm³/mol. The van der Waals surface area contributed by atoms with Crippen molar-refractivity contribution in [2.24, 2.45) is 0 Å². The molecule has 2 fully saturated rings. The maximum atomic E-state index is 12.9. The van der Waals surface area contributed by atoms with E-state index in [2.05, 4.69) is 15.5 Å². The van der Waals surface area contributed by atoms with Crippen molar-refractivity contribution in [1.82, 2.24) is 19.8 Å². The third-order valence-electron chi connectivity index (χ3n) is 5.29. The van der Waals surface area contributed by atoms with Gasteiger partial charge in [0.15, 0.2) is 0 Å². The molecule has 0 aromatic heterocycles. The fourth-order valence-electron chi connectivity index (χ4n) is 3.49. The molecular formula is C20H30N4O7S. The molecule has 0 saturated carbocycles. The highest BCUT2D eigenvalue weighted by molar-refractivity contribution is 7.89. The van der Waals surface area contributed by atoms with Crippen LogP contribution in [-0.2, 0) is 29.1 Å². The predicted octanol–water partition coefficient (Wildman–Crippen LogP) is -1.00. The zero-order chi connectivity index (χ0) is 23.0. The second kappa shape index (κ2) is 11.6. The highest BCUT2D eigenvalue weighted by Gasteiger charge is 2.36. The molecule has 1 aromatic rings. The van der Waals surface area contributed by atoms with Crippen molar-refractivity contribution >= 4 is 21.8 Å². The Labute approximate surface area is 188 Å². The molecule has 2 aliphatic rings. The number of hydrogen-bond acceptors (Lipinski definition) is 8. The van der Waals surface area contributed by atoms with Crippen LogP contribution >= 0.6 is 0 Å². The zero-order valence-corrected chi connectivity index (χ0v) is 18.9. The van der Waals surface area contributed by atoms with Crippen LogP contribution in [0.4, 0.5) is 0 Å². The lowest BCUT2D eigenvalue weighted by atomic mass is 10.3. The van der Waals surface area contributed by atoms with Crippen molar-refractivity contribution < 1.29 is 32.2 Å². The van der Waals surface area contributed by atoms with Gasteiger partial charge in [0, 0.05) is 26.2 Å². The second-order valence-corrected chi connectivity index (χ2v) is 9.28. The lowest BCUT2D eigenvalue weighted by Gasteiger charge is -2.26. The van der Waals surface area contributed by atoms with E-state index in [9.17, 15) is 18.0 Å². The van der Waals surface area contributed by atoms with Crippen LogP contribution in [0.25, 0.3) is 0 Å². The zero-order valence-electron chi connectivity index (χ0n) is 18.1. The van der Waals surface area contributed by atoms with E-state index in [-0.39, 0.29) is 24.6 Å². The molecular weight excluding hydrogens is 440 g/mol. The van der Waals surface area contributed by atoms with Gasteiger partial charge in [-0.25, -0.2) is 8.42 Å². The van der Waals surface area contributed by atoms with Gasteiger partial charge in [0.1, 0.15) is 12.0 Å². The maximum absolute atomic E-state index is 12.9. The van der Waals surface area contributed by atoms with Crippen LogP contribution < -0.4 is 15.4 Å². The Kier molecular flexibility index (Phi) is 8.82. The number of sulfonamides is 1. The molecule has 0 spiro atoms. The minimum absolute atomic E-state index is 0.0955. The molecule has 0 radical (unpaired) electrons. The molecule has 3 rings (SSSR count). The van der Waals surface area contributed by atoms with Crippen LogP contribution in [0.3, 0.4) is 0 Å². The number of nitrogens with zero attached hydrogens (tertiary/aromatic N) is 2. The molecule has 12 heteroatoms. The van der Waals surface area contributed by atoms with Crippen LogP contribution in [-0.4, -0.2) is 102 Å². The van der Waals surface area contributed by atoms with Crippen molar-refractivity contribution in [1.29, 1.82) is 0 Å². The molecule has 2 amide bonds. The van der Waals surface area contributed by atoms with Crippen molar-refractivity contribution in [2.45, 2.75) is 17.5 Å². The van der Waals surface area contributed by atoms with Crippen LogP contribution in [0.2, 0.25) is 0 Å². The van der Waals surface area contributed by atoms with Crippen LogP contribution in [0.1, 0.15) is 6.42 Å². The molecule has 2 heterocycles. The number of nitrogens with one attached hydrogen (secondary N) is 2. The van der Waals surface area contributed by atoms with Crippen LogP contribution in [0, 0.1) is 0 Å². The molecule has 0 aliphatic carbocycles. The summed E-state index contributed by atoms with van der Waals surface area (Å²) in [5.74, 6) is -1.04. The Hall–Kier alpha value is -2.25. The minimum atomic E-state index is -3.82. The topological polar surface area (TPSA) is 127 Å². The molecule has 0 bridgehead atoms. The first-order chi connectivity index (χ1) is 15.4.